The minimum absolute atomic E-state index is 0.0479. The van der Waals surface area contributed by atoms with Crippen LogP contribution >= 0.6 is 0 Å². The molecule has 3 aromatic rings. The minimum atomic E-state index is -3.30. The Morgan fingerprint density at radius 1 is 1.24 bits per heavy atom. The van der Waals surface area contributed by atoms with Crippen LogP contribution in [-0.2, 0) is 16.0 Å². The van der Waals surface area contributed by atoms with E-state index in [1.807, 2.05) is 0 Å². The molecule has 3 aliphatic heterocycles. The maximum absolute atomic E-state index is 13.7. The summed E-state index contributed by atoms with van der Waals surface area (Å²) in [5.74, 6) is -3.52. The van der Waals surface area contributed by atoms with Gasteiger partial charge in [0.2, 0.25) is 18.6 Å². The van der Waals surface area contributed by atoms with Gasteiger partial charge >= 0.3 is 0 Å². The number of H-pyrrole nitrogens is 1. The van der Waals surface area contributed by atoms with E-state index in [0.29, 0.717) is 16.5 Å². The quantitative estimate of drug-likeness (QED) is 0.681. The first-order chi connectivity index (χ1) is 18.1. The highest BCUT2D eigenvalue weighted by Crippen LogP contribution is 2.44. The van der Waals surface area contributed by atoms with Crippen molar-refractivity contribution in [2.45, 2.75) is 18.5 Å². The number of hydrogen-bond acceptors (Lipinski definition) is 4. The standard InChI is InChI=1S/C22H19N3O4/c1-24-10-19(26)25-16(22(24)27)9-14-13-4-2-3-5-15(13)23-20(14)21(25)12-6-7-17-18(8-12)29-11-28-17/h2-8,16,21,23H,9-11H2,1H3/t16-,21?/m1/s1/i1D3,6D,7D,8D,10D2,11D2. The highest BCUT2D eigenvalue weighted by atomic mass is 16.7. The number of benzene rings is 2. The Hall–Kier alpha value is -3.48. The number of nitrogens with zero attached hydrogens (tertiary/aromatic N) is 2. The number of aromatic nitrogens is 1. The topological polar surface area (TPSA) is 74.9 Å². The molecule has 2 atom stereocenters. The molecule has 2 amide bonds. The van der Waals surface area contributed by atoms with Crippen molar-refractivity contribution < 1.29 is 32.8 Å². The average molecular weight is 399 g/mol. The molecule has 0 bridgehead atoms. The van der Waals surface area contributed by atoms with Crippen LogP contribution in [0.5, 0.6) is 11.5 Å². The van der Waals surface area contributed by atoms with E-state index in [4.69, 9.17) is 23.2 Å². The van der Waals surface area contributed by atoms with Gasteiger partial charge in [-0.1, -0.05) is 24.2 Å². The van der Waals surface area contributed by atoms with Crippen LogP contribution in [-0.4, -0.2) is 52.9 Å². The largest absolute Gasteiger partial charge is 0.454 e. The summed E-state index contributed by atoms with van der Waals surface area (Å²) in [6.45, 7) is -9.31. The fourth-order valence-corrected chi connectivity index (χ4v) is 4.17. The number of carbonyl (C=O) groups is 2. The van der Waals surface area contributed by atoms with Crippen LogP contribution in [0.15, 0.2) is 42.4 Å². The fraction of sp³-hybridized carbons (Fsp3) is 0.273. The van der Waals surface area contributed by atoms with Gasteiger partial charge in [-0.05, 0) is 29.3 Å². The molecule has 1 saturated heterocycles. The van der Waals surface area contributed by atoms with Gasteiger partial charge in [0.1, 0.15) is 8.78 Å². The predicted octanol–water partition coefficient (Wildman–Crippen LogP) is 2.21. The molecule has 0 aliphatic carbocycles. The molecule has 1 aromatic heterocycles. The van der Waals surface area contributed by atoms with E-state index in [-0.39, 0.29) is 22.6 Å². The first-order valence-electron chi connectivity index (χ1n) is 13.8. The molecule has 1 N–H and O–H groups in total. The molecule has 1 fully saturated rings. The van der Waals surface area contributed by atoms with Gasteiger partial charge in [-0.2, -0.15) is 0 Å². The number of likely N-dealkylation sites (N-methyl/N-ethyl adjacent to an activating group) is 1. The molecule has 1 unspecified atom stereocenters. The highest BCUT2D eigenvalue weighted by molar-refractivity contribution is 5.97. The van der Waals surface area contributed by atoms with Crippen LogP contribution in [0.25, 0.3) is 10.9 Å². The number of amides is 2. The number of nitrogens with one attached hydrogen (secondary N) is 1. The van der Waals surface area contributed by atoms with Gasteiger partial charge in [-0.15, -0.1) is 0 Å². The van der Waals surface area contributed by atoms with Crippen LogP contribution < -0.4 is 9.47 Å². The molecule has 0 saturated carbocycles. The van der Waals surface area contributed by atoms with Crippen molar-refractivity contribution >= 4 is 22.7 Å². The summed E-state index contributed by atoms with van der Waals surface area (Å²) < 4.78 is 91.5. The molecular formula is C22H19N3O4. The Bertz CT molecular complexity index is 1600. The number of fused-ring (bicyclic) bond motifs is 5. The zero-order valence-corrected chi connectivity index (χ0v) is 14.7. The van der Waals surface area contributed by atoms with E-state index >= 15 is 0 Å². The lowest BCUT2D eigenvalue weighted by molar-refractivity contribution is -0.157. The Morgan fingerprint density at radius 2 is 2.10 bits per heavy atom. The molecule has 6 rings (SSSR count). The van der Waals surface area contributed by atoms with Crippen molar-refractivity contribution in [2.24, 2.45) is 0 Å². The first-order valence-corrected chi connectivity index (χ1v) is 8.84. The average Bonchev–Trinajstić information content (AvgIpc) is 3.37. The van der Waals surface area contributed by atoms with Gasteiger partial charge in [0.15, 0.2) is 11.5 Å². The lowest BCUT2D eigenvalue weighted by Gasteiger charge is -2.46. The summed E-state index contributed by atoms with van der Waals surface area (Å²) in [5.41, 5.74) is 0.972. The zero-order valence-electron chi connectivity index (χ0n) is 24.7. The second kappa shape index (κ2) is 5.76. The second-order valence-corrected chi connectivity index (χ2v) is 6.92. The smallest absolute Gasteiger partial charge is 0.245 e. The van der Waals surface area contributed by atoms with Crippen LogP contribution in [0.1, 0.15) is 36.6 Å². The molecule has 0 spiro atoms. The molecule has 2 aromatic carbocycles. The first kappa shape index (κ1) is 9.35. The molecule has 7 nitrogen and oxygen atoms in total. The van der Waals surface area contributed by atoms with Crippen LogP contribution in [0, 0.1) is 0 Å². The van der Waals surface area contributed by atoms with Crippen molar-refractivity contribution in [1.82, 2.24) is 14.8 Å². The van der Waals surface area contributed by atoms with Gasteiger partial charge in [0.25, 0.3) is 0 Å². The fourth-order valence-electron chi connectivity index (χ4n) is 4.17. The van der Waals surface area contributed by atoms with Crippen molar-refractivity contribution in [1.29, 1.82) is 0 Å². The lowest BCUT2D eigenvalue weighted by Crippen LogP contribution is -2.62. The Balaban J connectivity index is 1.66. The van der Waals surface area contributed by atoms with Gasteiger partial charge < -0.3 is 24.3 Å². The Kier molecular flexibility index (Phi) is 1.86. The van der Waals surface area contributed by atoms with E-state index < -0.39 is 73.7 Å². The highest BCUT2D eigenvalue weighted by Gasteiger charge is 2.47. The van der Waals surface area contributed by atoms with Crippen LogP contribution in [0.2, 0.25) is 0 Å². The zero-order chi connectivity index (χ0) is 28.4. The van der Waals surface area contributed by atoms with Crippen molar-refractivity contribution in [3.8, 4) is 11.5 Å². The third kappa shape index (κ3) is 2.24. The van der Waals surface area contributed by atoms with Gasteiger partial charge in [-0.25, -0.2) is 0 Å². The summed E-state index contributed by atoms with van der Waals surface area (Å²) in [7, 11) is 0. The van der Waals surface area contributed by atoms with E-state index in [2.05, 4.69) is 4.98 Å². The van der Waals surface area contributed by atoms with E-state index in [1.165, 1.54) is 0 Å². The van der Waals surface area contributed by atoms with Crippen LogP contribution in [0.3, 0.4) is 0 Å². The lowest BCUT2D eigenvalue weighted by atomic mass is 9.86. The molecule has 29 heavy (non-hydrogen) atoms. The minimum Gasteiger partial charge on any atom is -0.454 e. The number of para-hydroxylation sites is 1. The second-order valence-electron chi connectivity index (χ2n) is 6.92. The Morgan fingerprint density at radius 3 is 3.00 bits per heavy atom. The maximum Gasteiger partial charge on any atom is 0.245 e. The normalized spacial score (nSPS) is 31.7. The summed E-state index contributed by atoms with van der Waals surface area (Å²) in [6.07, 6.45) is -0.176. The third-order valence-electron chi connectivity index (χ3n) is 5.40. The monoisotopic (exact) mass is 399 g/mol. The van der Waals surface area contributed by atoms with Crippen molar-refractivity contribution in [2.75, 3.05) is 20.2 Å². The summed E-state index contributed by atoms with van der Waals surface area (Å²) in [6, 6.07) is 2.03. The van der Waals surface area contributed by atoms with E-state index in [0.717, 1.165) is 4.90 Å². The predicted molar refractivity (Wildman–Crippen MR) is 105 cm³/mol. The van der Waals surface area contributed by atoms with E-state index in [1.54, 1.807) is 24.3 Å². The molecule has 7 heteroatoms. The van der Waals surface area contributed by atoms with Crippen molar-refractivity contribution in [3.63, 3.8) is 0 Å². The van der Waals surface area contributed by atoms with Crippen molar-refractivity contribution in [3.05, 3.63) is 59.2 Å². The number of aromatic amines is 1. The number of piperazine rings is 1. The molecule has 146 valence electrons. The number of carbonyl (C=O) groups excluding carboxylic acids is 2. The molecular weight excluding hydrogens is 370 g/mol. The van der Waals surface area contributed by atoms with Gasteiger partial charge in [0.05, 0.1) is 19.4 Å². The van der Waals surface area contributed by atoms with Gasteiger partial charge in [-0.3, -0.25) is 9.59 Å². The summed E-state index contributed by atoms with van der Waals surface area (Å²) in [5, 5.41) is 0.632. The summed E-state index contributed by atoms with van der Waals surface area (Å²) in [4.78, 5) is 31.3. The number of hydrogen-bond donors (Lipinski definition) is 1. The molecule has 4 heterocycles. The SMILES string of the molecule is [2H]c1c([2H])c(C2c3[nH]c4ccccc4c3C[C@@H]3C(=O)N(C([2H])([2H])[2H])C([2H])([2H])C(=O)N23)c([2H])c2c1OC([2H])([2H])O2. The molecule has 0 radical (unpaired) electrons. The van der Waals surface area contributed by atoms with Crippen LogP contribution in [0.4, 0.5) is 0 Å². The maximum atomic E-state index is 13.7. The molecule has 3 aliphatic rings. The van der Waals surface area contributed by atoms with E-state index in [9.17, 15) is 9.59 Å². The Labute approximate surface area is 180 Å². The van der Waals surface area contributed by atoms with Gasteiger partial charge in [0, 0.05) is 34.1 Å². The number of rotatable bonds is 1. The number of ether oxygens (including phenoxy) is 2. The third-order valence-corrected chi connectivity index (χ3v) is 5.40. The summed E-state index contributed by atoms with van der Waals surface area (Å²) >= 11 is 0.